The van der Waals surface area contributed by atoms with Gasteiger partial charge >= 0.3 is 5.97 Å². The molecule has 2 rings (SSSR count). The van der Waals surface area contributed by atoms with Crippen molar-refractivity contribution in [3.8, 4) is 0 Å². The summed E-state index contributed by atoms with van der Waals surface area (Å²) in [5.41, 5.74) is 0.550. The lowest BCUT2D eigenvalue weighted by atomic mass is 10.2. The summed E-state index contributed by atoms with van der Waals surface area (Å²) in [4.78, 5) is 28.7. The lowest BCUT2D eigenvalue weighted by molar-refractivity contribution is -0.139. The fraction of sp³-hybridized carbons (Fsp3) is 0.400. The number of fused-ring (bicyclic) bond motifs is 1. The van der Waals surface area contributed by atoms with Gasteiger partial charge in [-0.1, -0.05) is 23.9 Å². The van der Waals surface area contributed by atoms with Crippen molar-refractivity contribution in [3.63, 3.8) is 0 Å². The number of aromatic nitrogens is 2. The quantitative estimate of drug-likeness (QED) is 0.494. The molecule has 1 heterocycles. The van der Waals surface area contributed by atoms with Gasteiger partial charge in [0.05, 0.1) is 18.0 Å². The minimum Gasteiger partial charge on any atom is -0.468 e. The molecule has 0 radical (unpaired) electrons. The lowest BCUT2D eigenvalue weighted by Gasteiger charge is -2.17. The van der Waals surface area contributed by atoms with Crippen LogP contribution in [0.5, 0.6) is 0 Å². The summed E-state index contributed by atoms with van der Waals surface area (Å²) in [5.74, 6) is -0.335. The first-order chi connectivity index (χ1) is 9.95. The molecule has 0 bridgehead atoms. The van der Waals surface area contributed by atoms with Crippen LogP contribution in [0.1, 0.15) is 26.8 Å². The first-order valence-electron chi connectivity index (χ1n) is 6.71. The van der Waals surface area contributed by atoms with Crippen molar-refractivity contribution >= 4 is 28.6 Å². The molecule has 1 aromatic heterocycles. The smallest absolute Gasteiger partial charge is 0.318 e. The Bertz CT molecular complexity index is 724. The van der Waals surface area contributed by atoms with Crippen LogP contribution in [-0.4, -0.2) is 27.9 Å². The van der Waals surface area contributed by atoms with Gasteiger partial charge in [0.15, 0.2) is 5.16 Å². The predicted octanol–water partition coefficient (Wildman–Crippen LogP) is 2.63. The molecule has 1 unspecified atom stereocenters. The maximum atomic E-state index is 12.6. The molecular weight excluding hydrogens is 288 g/mol. The van der Waals surface area contributed by atoms with Gasteiger partial charge in [-0.15, -0.1) is 0 Å². The third-order valence-electron chi connectivity index (χ3n) is 3.11. The Balaban J connectivity index is 2.58. The average molecular weight is 306 g/mol. The Morgan fingerprint density at radius 2 is 1.95 bits per heavy atom. The van der Waals surface area contributed by atoms with Gasteiger partial charge in [-0.05, 0) is 32.9 Å². The topological polar surface area (TPSA) is 61.2 Å². The number of para-hydroxylation sites is 1. The van der Waals surface area contributed by atoms with E-state index in [-0.39, 0.29) is 17.6 Å². The van der Waals surface area contributed by atoms with Crippen molar-refractivity contribution in [2.45, 2.75) is 37.2 Å². The van der Waals surface area contributed by atoms with Crippen LogP contribution in [0.25, 0.3) is 10.9 Å². The Morgan fingerprint density at radius 3 is 2.57 bits per heavy atom. The van der Waals surface area contributed by atoms with Crippen LogP contribution in [-0.2, 0) is 9.53 Å². The van der Waals surface area contributed by atoms with Gasteiger partial charge in [-0.25, -0.2) is 4.98 Å². The minimum atomic E-state index is -0.423. The molecule has 5 nitrogen and oxygen atoms in total. The first-order valence-corrected chi connectivity index (χ1v) is 7.59. The first kappa shape index (κ1) is 15.6. The summed E-state index contributed by atoms with van der Waals surface area (Å²) in [6, 6.07) is 7.18. The summed E-state index contributed by atoms with van der Waals surface area (Å²) < 4.78 is 6.34. The SMILES string of the molecule is COC(=O)C(C)Sc1nc2ccccc2c(=O)n1C(C)C. The molecule has 0 fully saturated rings. The number of esters is 1. The number of methoxy groups -OCH3 is 1. The van der Waals surface area contributed by atoms with E-state index in [1.54, 1.807) is 23.6 Å². The molecular formula is C15H18N2O3S. The van der Waals surface area contributed by atoms with Crippen molar-refractivity contribution in [1.82, 2.24) is 9.55 Å². The van der Waals surface area contributed by atoms with E-state index < -0.39 is 5.25 Å². The number of hydrogen-bond donors (Lipinski definition) is 0. The summed E-state index contributed by atoms with van der Waals surface area (Å²) in [7, 11) is 1.35. The minimum absolute atomic E-state index is 0.0399. The molecule has 0 aliphatic carbocycles. The van der Waals surface area contributed by atoms with Crippen molar-refractivity contribution in [2.24, 2.45) is 0 Å². The molecule has 1 aromatic carbocycles. The molecule has 112 valence electrons. The summed E-state index contributed by atoms with van der Waals surface area (Å²) in [6.07, 6.45) is 0. The second-order valence-corrected chi connectivity index (χ2v) is 6.27. The maximum absolute atomic E-state index is 12.6. The van der Waals surface area contributed by atoms with Gasteiger partial charge in [-0.3, -0.25) is 14.2 Å². The van der Waals surface area contributed by atoms with Crippen molar-refractivity contribution in [1.29, 1.82) is 0 Å². The third-order valence-corrected chi connectivity index (χ3v) is 4.15. The van der Waals surface area contributed by atoms with Crippen LogP contribution in [0.4, 0.5) is 0 Å². The Labute approximate surface area is 127 Å². The van der Waals surface area contributed by atoms with E-state index in [1.807, 2.05) is 26.0 Å². The average Bonchev–Trinajstić information content (AvgIpc) is 2.46. The predicted molar refractivity (Wildman–Crippen MR) is 83.7 cm³/mol. The van der Waals surface area contributed by atoms with Gasteiger partial charge in [-0.2, -0.15) is 0 Å². The van der Waals surface area contributed by atoms with Crippen LogP contribution in [0.2, 0.25) is 0 Å². The molecule has 0 amide bonds. The second kappa shape index (κ2) is 6.30. The van der Waals surface area contributed by atoms with Gasteiger partial charge < -0.3 is 4.74 Å². The zero-order chi connectivity index (χ0) is 15.6. The number of carbonyl (C=O) groups excluding carboxylic acids is 1. The van der Waals surface area contributed by atoms with E-state index in [2.05, 4.69) is 4.98 Å². The number of nitrogens with zero attached hydrogens (tertiary/aromatic N) is 2. The molecule has 6 heteroatoms. The van der Waals surface area contributed by atoms with Crippen LogP contribution in [0.3, 0.4) is 0 Å². The second-order valence-electron chi connectivity index (χ2n) is 4.96. The fourth-order valence-corrected chi connectivity index (χ4v) is 3.10. The largest absolute Gasteiger partial charge is 0.468 e. The van der Waals surface area contributed by atoms with Gasteiger partial charge in [0.1, 0.15) is 5.25 Å². The Morgan fingerprint density at radius 1 is 1.29 bits per heavy atom. The Kier molecular flexibility index (Phi) is 4.67. The van der Waals surface area contributed by atoms with E-state index in [0.29, 0.717) is 16.1 Å². The van der Waals surface area contributed by atoms with Crippen LogP contribution >= 0.6 is 11.8 Å². The van der Waals surface area contributed by atoms with Gasteiger partial charge in [0.25, 0.3) is 5.56 Å². The monoisotopic (exact) mass is 306 g/mol. The molecule has 0 saturated heterocycles. The number of ether oxygens (including phenoxy) is 1. The zero-order valence-corrected chi connectivity index (χ0v) is 13.3. The van der Waals surface area contributed by atoms with Crippen LogP contribution in [0, 0.1) is 0 Å². The number of benzene rings is 1. The third kappa shape index (κ3) is 3.10. The highest BCUT2D eigenvalue weighted by Gasteiger charge is 2.20. The molecule has 0 saturated carbocycles. The van der Waals surface area contributed by atoms with E-state index in [0.717, 1.165) is 0 Å². The standard InChI is InChI=1S/C15H18N2O3S/c1-9(2)17-13(18)11-7-5-6-8-12(11)16-15(17)21-10(3)14(19)20-4/h5-10H,1-4H3. The van der Waals surface area contributed by atoms with Crippen molar-refractivity contribution in [3.05, 3.63) is 34.6 Å². The van der Waals surface area contributed by atoms with Crippen molar-refractivity contribution in [2.75, 3.05) is 7.11 Å². The lowest BCUT2D eigenvalue weighted by Crippen LogP contribution is -2.26. The molecule has 2 aromatic rings. The molecule has 0 aliphatic heterocycles. The molecule has 1 atom stereocenters. The van der Waals surface area contributed by atoms with Crippen LogP contribution < -0.4 is 5.56 Å². The number of hydrogen-bond acceptors (Lipinski definition) is 5. The zero-order valence-electron chi connectivity index (χ0n) is 12.5. The van der Waals surface area contributed by atoms with Gasteiger partial charge in [0, 0.05) is 6.04 Å². The normalized spacial score (nSPS) is 12.6. The molecule has 0 spiro atoms. The summed E-state index contributed by atoms with van der Waals surface area (Å²) in [5, 5.41) is 0.695. The van der Waals surface area contributed by atoms with Crippen LogP contribution in [0.15, 0.2) is 34.2 Å². The van der Waals surface area contributed by atoms with E-state index in [4.69, 9.17) is 4.74 Å². The number of thioether (sulfide) groups is 1. The Hall–Kier alpha value is -1.82. The summed E-state index contributed by atoms with van der Waals surface area (Å²) in [6.45, 7) is 5.58. The molecule has 0 N–H and O–H groups in total. The highest BCUT2D eigenvalue weighted by atomic mass is 32.2. The highest BCUT2D eigenvalue weighted by molar-refractivity contribution is 8.00. The van der Waals surface area contributed by atoms with Crippen molar-refractivity contribution < 1.29 is 9.53 Å². The number of rotatable bonds is 4. The van der Waals surface area contributed by atoms with E-state index >= 15 is 0 Å². The number of carbonyl (C=O) groups is 1. The summed E-state index contributed by atoms with van der Waals surface area (Å²) >= 11 is 1.24. The molecule has 0 aliphatic rings. The molecule has 21 heavy (non-hydrogen) atoms. The highest BCUT2D eigenvalue weighted by Crippen LogP contribution is 2.25. The van der Waals surface area contributed by atoms with E-state index in [9.17, 15) is 9.59 Å². The maximum Gasteiger partial charge on any atom is 0.318 e. The fourth-order valence-electron chi connectivity index (χ4n) is 2.04. The van der Waals surface area contributed by atoms with Gasteiger partial charge in [0.2, 0.25) is 0 Å². The van der Waals surface area contributed by atoms with E-state index in [1.165, 1.54) is 18.9 Å².